The van der Waals surface area contributed by atoms with Crippen molar-refractivity contribution in [2.75, 3.05) is 6.54 Å². The van der Waals surface area contributed by atoms with Crippen molar-refractivity contribution >= 4 is 17.5 Å². The minimum absolute atomic E-state index is 0.00350. The van der Waals surface area contributed by atoms with E-state index in [4.69, 9.17) is 0 Å². The summed E-state index contributed by atoms with van der Waals surface area (Å²) in [6.07, 6.45) is 0. The molecule has 0 unspecified atom stereocenters. The number of nitro groups is 1. The maximum Gasteiger partial charge on any atom is 0.269 e. The molecule has 0 aromatic heterocycles. The van der Waals surface area contributed by atoms with Crippen LogP contribution in [0, 0.1) is 10.1 Å². The fourth-order valence-corrected chi connectivity index (χ4v) is 1.37. The van der Waals surface area contributed by atoms with Crippen LogP contribution in [0.15, 0.2) is 24.3 Å². The molecule has 0 heterocycles. The van der Waals surface area contributed by atoms with E-state index in [2.05, 4.69) is 10.6 Å². The lowest BCUT2D eigenvalue weighted by Crippen LogP contribution is -2.39. The number of nitro benzene ring substituents is 1. The van der Waals surface area contributed by atoms with Crippen LogP contribution in [0.4, 0.5) is 5.69 Å². The van der Waals surface area contributed by atoms with Crippen LogP contribution >= 0.6 is 0 Å². The lowest BCUT2D eigenvalue weighted by Gasteiger charge is -2.09. The zero-order valence-corrected chi connectivity index (χ0v) is 10.7. The Morgan fingerprint density at radius 3 is 2.32 bits per heavy atom. The van der Waals surface area contributed by atoms with Crippen molar-refractivity contribution < 1.29 is 14.5 Å². The largest absolute Gasteiger partial charge is 0.352 e. The summed E-state index contributed by atoms with van der Waals surface area (Å²) in [6, 6.07) is 5.16. The molecule has 0 saturated carbocycles. The Bertz CT molecular complexity index is 482. The molecule has 2 amide bonds. The molecule has 7 nitrogen and oxygen atoms in total. The summed E-state index contributed by atoms with van der Waals surface area (Å²) in [5.74, 6) is -0.737. The number of benzene rings is 1. The fraction of sp³-hybridized carbons (Fsp3) is 0.333. The van der Waals surface area contributed by atoms with Crippen LogP contribution in [0.25, 0.3) is 0 Å². The van der Waals surface area contributed by atoms with Crippen LogP contribution < -0.4 is 10.6 Å². The Labute approximate surface area is 110 Å². The SMILES string of the molecule is CC(C)NC(=O)CNC(=O)c1ccc([N+](=O)[O-])cc1. The Morgan fingerprint density at radius 1 is 1.26 bits per heavy atom. The van der Waals surface area contributed by atoms with E-state index in [1.807, 2.05) is 13.8 Å². The van der Waals surface area contributed by atoms with E-state index in [1.165, 1.54) is 24.3 Å². The van der Waals surface area contributed by atoms with Gasteiger partial charge in [-0.05, 0) is 26.0 Å². The molecule has 1 aromatic carbocycles. The third kappa shape index (κ3) is 4.74. The monoisotopic (exact) mass is 265 g/mol. The molecule has 7 heteroatoms. The molecule has 2 N–H and O–H groups in total. The predicted molar refractivity (Wildman–Crippen MR) is 68.7 cm³/mol. The van der Waals surface area contributed by atoms with E-state index in [-0.39, 0.29) is 29.7 Å². The van der Waals surface area contributed by atoms with Crippen LogP contribution in [0.3, 0.4) is 0 Å². The van der Waals surface area contributed by atoms with Crippen molar-refractivity contribution in [2.45, 2.75) is 19.9 Å². The van der Waals surface area contributed by atoms with Gasteiger partial charge < -0.3 is 10.6 Å². The number of nitrogens with one attached hydrogen (secondary N) is 2. The predicted octanol–water partition coefficient (Wildman–Crippen LogP) is 0.849. The molecule has 1 aromatic rings. The molecular formula is C12H15N3O4. The molecule has 0 aliphatic rings. The summed E-state index contributed by atoms with van der Waals surface area (Å²) < 4.78 is 0. The maximum atomic E-state index is 11.7. The zero-order valence-electron chi connectivity index (χ0n) is 10.7. The van der Waals surface area contributed by atoms with Crippen LogP contribution in [0.1, 0.15) is 24.2 Å². The van der Waals surface area contributed by atoms with E-state index in [9.17, 15) is 19.7 Å². The van der Waals surface area contributed by atoms with Gasteiger partial charge in [-0.25, -0.2) is 0 Å². The first-order valence-corrected chi connectivity index (χ1v) is 5.72. The molecule has 0 saturated heterocycles. The van der Waals surface area contributed by atoms with Crippen LogP contribution in [-0.2, 0) is 4.79 Å². The van der Waals surface area contributed by atoms with Gasteiger partial charge in [0.1, 0.15) is 0 Å². The normalized spacial score (nSPS) is 10.1. The highest BCUT2D eigenvalue weighted by atomic mass is 16.6. The second-order valence-electron chi connectivity index (χ2n) is 4.21. The molecule has 0 aliphatic heterocycles. The third-order valence-corrected chi connectivity index (χ3v) is 2.20. The zero-order chi connectivity index (χ0) is 14.4. The number of carbonyl (C=O) groups is 2. The van der Waals surface area contributed by atoms with Crippen molar-refractivity contribution in [3.63, 3.8) is 0 Å². The van der Waals surface area contributed by atoms with Crippen LogP contribution in [0.2, 0.25) is 0 Å². The minimum atomic E-state index is -0.544. The molecule has 102 valence electrons. The summed E-state index contributed by atoms with van der Waals surface area (Å²) in [4.78, 5) is 32.9. The van der Waals surface area contributed by atoms with E-state index >= 15 is 0 Å². The summed E-state index contributed by atoms with van der Waals surface area (Å²) in [7, 11) is 0. The van der Waals surface area contributed by atoms with Gasteiger partial charge in [0.2, 0.25) is 5.91 Å². The summed E-state index contributed by atoms with van der Waals surface area (Å²) >= 11 is 0. The van der Waals surface area contributed by atoms with Gasteiger partial charge in [0.05, 0.1) is 11.5 Å². The first-order chi connectivity index (χ1) is 8.90. The summed E-state index contributed by atoms with van der Waals surface area (Å²) in [6.45, 7) is 3.50. The van der Waals surface area contributed by atoms with E-state index < -0.39 is 10.8 Å². The first kappa shape index (κ1) is 14.6. The molecule has 0 spiro atoms. The van der Waals surface area contributed by atoms with Gasteiger partial charge >= 0.3 is 0 Å². The topological polar surface area (TPSA) is 101 Å². The molecule has 0 radical (unpaired) electrons. The van der Waals surface area contributed by atoms with Crippen molar-refractivity contribution in [2.24, 2.45) is 0 Å². The highest BCUT2D eigenvalue weighted by Crippen LogP contribution is 2.11. The number of non-ortho nitro benzene ring substituents is 1. The molecule has 0 fully saturated rings. The highest BCUT2D eigenvalue weighted by Gasteiger charge is 2.10. The van der Waals surface area contributed by atoms with Crippen LogP contribution in [-0.4, -0.2) is 29.3 Å². The number of hydrogen-bond donors (Lipinski definition) is 2. The van der Waals surface area contributed by atoms with Crippen LogP contribution in [0.5, 0.6) is 0 Å². The Kier molecular flexibility index (Phi) is 4.99. The first-order valence-electron chi connectivity index (χ1n) is 5.72. The molecule has 0 aliphatic carbocycles. The second-order valence-corrected chi connectivity index (χ2v) is 4.21. The van der Waals surface area contributed by atoms with E-state index in [0.717, 1.165) is 0 Å². The lowest BCUT2D eigenvalue weighted by atomic mass is 10.2. The number of amides is 2. The van der Waals surface area contributed by atoms with Gasteiger partial charge in [0.25, 0.3) is 11.6 Å². The smallest absolute Gasteiger partial charge is 0.269 e. The minimum Gasteiger partial charge on any atom is -0.352 e. The van der Waals surface area contributed by atoms with Gasteiger partial charge in [-0.1, -0.05) is 0 Å². The van der Waals surface area contributed by atoms with Gasteiger partial charge in [0, 0.05) is 23.7 Å². The van der Waals surface area contributed by atoms with Crippen molar-refractivity contribution in [1.29, 1.82) is 0 Å². The molecule has 19 heavy (non-hydrogen) atoms. The Morgan fingerprint density at radius 2 is 1.84 bits per heavy atom. The number of carbonyl (C=O) groups excluding carboxylic acids is 2. The number of hydrogen-bond acceptors (Lipinski definition) is 4. The van der Waals surface area contributed by atoms with Crippen molar-refractivity contribution in [1.82, 2.24) is 10.6 Å². The van der Waals surface area contributed by atoms with Gasteiger partial charge in [-0.2, -0.15) is 0 Å². The standard InChI is InChI=1S/C12H15N3O4/c1-8(2)14-11(16)7-13-12(17)9-3-5-10(6-4-9)15(18)19/h3-6,8H,7H2,1-2H3,(H,13,17)(H,14,16). The average molecular weight is 265 g/mol. The van der Waals surface area contributed by atoms with Crippen molar-refractivity contribution in [3.05, 3.63) is 39.9 Å². The summed E-state index contributed by atoms with van der Waals surface area (Å²) in [5, 5.41) is 15.5. The lowest BCUT2D eigenvalue weighted by molar-refractivity contribution is -0.384. The quantitative estimate of drug-likeness (QED) is 0.608. The van der Waals surface area contributed by atoms with Gasteiger partial charge in [-0.15, -0.1) is 0 Å². The molecule has 1 rings (SSSR count). The maximum absolute atomic E-state index is 11.7. The highest BCUT2D eigenvalue weighted by molar-refractivity contribution is 5.96. The Hall–Kier alpha value is -2.44. The number of nitrogens with zero attached hydrogens (tertiary/aromatic N) is 1. The number of rotatable bonds is 5. The Balaban J connectivity index is 2.54. The fourth-order valence-electron chi connectivity index (χ4n) is 1.37. The molecule has 0 bridgehead atoms. The van der Waals surface area contributed by atoms with E-state index in [1.54, 1.807) is 0 Å². The van der Waals surface area contributed by atoms with Crippen molar-refractivity contribution in [3.8, 4) is 0 Å². The van der Waals surface area contributed by atoms with E-state index in [0.29, 0.717) is 0 Å². The third-order valence-electron chi connectivity index (χ3n) is 2.20. The average Bonchev–Trinajstić information content (AvgIpc) is 2.35. The molecular weight excluding hydrogens is 250 g/mol. The second kappa shape index (κ2) is 6.48. The van der Waals surface area contributed by atoms with Gasteiger partial charge in [0.15, 0.2) is 0 Å². The van der Waals surface area contributed by atoms with Gasteiger partial charge in [-0.3, -0.25) is 19.7 Å². The molecule has 0 atom stereocenters. The summed E-state index contributed by atoms with van der Waals surface area (Å²) in [5.41, 5.74) is 0.178.